The summed E-state index contributed by atoms with van der Waals surface area (Å²) in [6.45, 7) is 2.57. The van der Waals surface area contributed by atoms with Crippen molar-refractivity contribution in [2.45, 2.75) is 13.3 Å². The fourth-order valence-electron chi connectivity index (χ4n) is 1.64. The van der Waals surface area contributed by atoms with E-state index >= 15 is 0 Å². The quantitative estimate of drug-likeness (QED) is 0.865. The van der Waals surface area contributed by atoms with Crippen LogP contribution in [0.5, 0.6) is 5.75 Å². The number of carbonyl (C=O) groups excluding carboxylic acids is 1. The van der Waals surface area contributed by atoms with E-state index in [1.165, 1.54) is 6.33 Å². The molecule has 1 heterocycles. The molecule has 2 aromatic rings. The van der Waals surface area contributed by atoms with Gasteiger partial charge in [0, 0.05) is 18.9 Å². The topological polar surface area (TPSA) is 64.1 Å². The van der Waals surface area contributed by atoms with E-state index in [1.54, 1.807) is 12.4 Å². The number of carbonyl (C=O) groups is 1. The van der Waals surface area contributed by atoms with Crippen LogP contribution in [0.25, 0.3) is 0 Å². The normalized spacial score (nSPS) is 10.1. The molecule has 104 valence electrons. The minimum atomic E-state index is -0.137. The lowest BCUT2D eigenvalue weighted by Crippen LogP contribution is -2.30. The number of rotatable bonds is 6. The second-order valence-electron chi connectivity index (χ2n) is 4.45. The molecule has 2 rings (SSSR count). The summed E-state index contributed by atoms with van der Waals surface area (Å²) in [7, 11) is 0. The van der Waals surface area contributed by atoms with Gasteiger partial charge in [-0.2, -0.15) is 0 Å². The van der Waals surface area contributed by atoms with Crippen molar-refractivity contribution in [2.75, 3.05) is 13.2 Å². The molecule has 5 nitrogen and oxygen atoms in total. The van der Waals surface area contributed by atoms with Gasteiger partial charge in [0.1, 0.15) is 12.1 Å². The number of ether oxygens (including phenoxy) is 1. The predicted octanol–water partition coefficient (Wildman–Crippen LogP) is 1.52. The second kappa shape index (κ2) is 7.23. The standard InChI is InChI=1S/C15H17N3O2/c1-12-2-4-14(5-3-12)20-10-15(19)18-7-6-13-8-16-11-17-9-13/h2-5,8-9,11H,6-7,10H2,1H3,(H,18,19). The minimum Gasteiger partial charge on any atom is -0.484 e. The first-order valence-corrected chi connectivity index (χ1v) is 6.44. The Bertz CT molecular complexity index is 541. The summed E-state index contributed by atoms with van der Waals surface area (Å²) in [5.41, 5.74) is 2.15. The van der Waals surface area contributed by atoms with Gasteiger partial charge in [-0.15, -0.1) is 0 Å². The van der Waals surface area contributed by atoms with Gasteiger partial charge in [0.05, 0.1) is 0 Å². The molecular formula is C15H17N3O2. The summed E-state index contributed by atoms with van der Waals surface area (Å²) < 4.78 is 5.39. The molecule has 1 aromatic heterocycles. The maximum absolute atomic E-state index is 11.6. The van der Waals surface area contributed by atoms with Crippen LogP contribution < -0.4 is 10.1 Å². The number of nitrogens with one attached hydrogen (secondary N) is 1. The molecule has 0 unspecified atom stereocenters. The van der Waals surface area contributed by atoms with Gasteiger partial charge >= 0.3 is 0 Å². The second-order valence-corrected chi connectivity index (χ2v) is 4.45. The first kappa shape index (κ1) is 14.0. The molecule has 0 saturated carbocycles. The molecule has 0 radical (unpaired) electrons. The van der Waals surface area contributed by atoms with Crippen LogP contribution in [0, 0.1) is 6.92 Å². The van der Waals surface area contributed by atoms with Crippen molar-refractivity contribution in [3.63, 3.8) is 0 Å². The zero-order chi connectivity index (χ0) is 14.2. The van der Waals surface area contributed by atoms with E-state index in [0.717, 1.165) is 11.1 Å². The molecule has 0 aliphatic rings. The van der Waals surface area contributed by atoms with Gasteiger partial charge in [-0.05, 0) is 31.0 Å². The highest BCUT2D eigenvalue weighted by atomic mass is 16.5. The van der Waals surface area contributed by atoms with Crippen molar-refractivity contribution in [1.29, 1.82) is 0 Å². The molecule has 0 spiro atoms. The molecule has 0 fully saturated rings. The van der Waals surface area contributed by atoms with Gasteiger partial charge < -0.3 is 10.1 Å². The van der Waals surface area contributed by atoms with E-state index < -0.39 is 0 Å². The molecule has 0 saturated heterocycles. The number of nitrogens with zero attached hydrogens (tertiary/aromatic N) is 2. The number of benzene rings is 1. The molecule has 1 amide bonds. The van der Waals surface area contributed by atoms with Crippen LogP contribution in [0.2, 0.25) is 0 Å². The maximum Gasteiger partial charge on any atom is 0.257 e. The molecule has 0 atom stereocenters. The molecule has 1 N–H and O–H groups in total. The fourth-order valence-corrected chi connectivity index (χ4v) is 1.64. The first-order valence-electron chi connectivity index (χ1n) is 6.44. The Balaban J connectivity index is 1.67. The SMILES string of the molecule is Cc1ccc(OCC(=O)NCCc2cncnc2)cc1. The Hall–Kier alpha value is -2.43. The molecule has 5 heteroatoms. The average molecular weight is 271 g/mol. The van der Waals surface area contributed by atoms with Crippen molar-refractivity contribution in [2.24, 2.45) is 0 Å². The van der Waals surface area contributed by atoms with E-state index in [1.807, 2.05) is 31.2 Å². The maximum atomic E-state index is 11.6. The number of hydrogen-bond donors (Lipinski definition) is 1. The third-order valence-corrected chi connectivity index (χ3v) is 2.74. The van der Waals surface area contributed by atoms with E-state index in [2.05, 4.69) is 15.3 Å². The Morgan fingerprint density at radius 3 is 2.60 bits per heavy atom. The Morgan fingerprint density at radius 2 is 1.90 bits per heavy atom. The summed E-state index contributed by atoms with van der Waals surface area (Å²) in [6, 6.07) is 7.60. The van der Waals surface area contributed by atoms with Gasteiger partial charge in [0.25, 0.3) is 5.91 Å². The lowest BCUT2D eigenvalue weighted by molar-refractivity contribution is -0.123. The van der Waals surface area contributed by atoms with E-state index in [-0.39, 0.29) is 12.5 Å². The van der Waals surface area contributed by atoms with Crippen LogP contribution >= 0.6 is 0 Å². The number of hydrogen-bond acceptors (Lipinski definition) is 4. The van der Waals surface area contributed by atoms with Crippen molar-refractivity contribution in [1.82, 2.24) is 15.3 Å². The summed E-state index contributed by atoms with van der Waals surface area (Å²) >= 11 is 0. The summed E-state index contributed by atoms with van der Waals surface area (Å²) in [5.74, 6) is 0.560. The van der Waals surface area contributed by atoms with Gasteiger partial charge in [-0.3, -0.25) is 4.79 Å². The van der Waals surface area contributed by atoms with Crippen LogP contribution in [-0.4, -0.2) is 29.0 Å². The third kappa shape index (κ3) is 4.68. The molecule has 0 aliphatic heterocycles. The van der Waals surface area contributed by atoms with Crippen LogP contribution in [0.3, 0.4) is 0 Å². The highest BCUT2D eigenvalue weighted by Crippen LogP contribution is 2.10. The van der Waals surface area contributed by atoms with Crippen molar-refractivity contribution < 1.29 is 9.53 Å². The lowest BCUT2D eigenvalue weighted by atomic mass is 10.2. The average Bonchev–Trinajstić information content (AvgIpc) is 2.48. The zero-order valence-corrected chi connectivity index (χ0v) is 11.4. The van der Waals surface area contributed by atoms with Crippen LogP contribution in [-0.2, 0) is 11.2 Å². The molecule has 0 bridgehead atoms. The summed E-state index contributed by atoms with van der Waals surface area (Å²) in [5, 5.41) is 2.79. The molecular weight excluding hydrogens is 254 g/mol. The largest absolute Gasteiger partial charge is 0.484 e. The van der Waals surface area contributed by atoms with Crippen LogP contribution in [0.4, 0.5) is 0 Å². The van der Waals surface area contributed by atoms with Gasteiger partial charge in [0.15, 0.2) is 6.61 Å². The highest BCUT2D eigenvalue weighted by Gasteiger charge is 2.02. The van der Waals surface area contributed by atoms with Crippen LogP contribution in [0.15, 0.2) is 43.0 Å². The number of aromatic nitrogens is 2. The van der Waals surface area contributed by atoms with Gasteiger partial charge in [-0.1, -0.05) is 17.7 Å². The predicted molar refractivity (Wildman–Crippen MR) is 75.4 cm³/mol. The fraction of sp³-hybridized carbons (Fsp3) is 0.267. The van der Waals surface area contributed by atoms with E-state index in [0.29, 0.717) is 18.7 Å². The Labute approximate surface area is 118 Å². The first-order chi connectivity index (χ1) is 9.74. The van der Waals surface area contributed by atoms with Crippen molar-refractivity contribution >= 4 is 5.91 Å². The van der Waals surface area contributed by atoms with Gasteiger partial charge in [-0.25, -0.2) is 9.97 Å². The molecule has 20 heavy (non-hydrogen) atoms. The van der Waals surface area contributed by atoms with Crippen molar-refractivity contribution in [3.05, 3.63) is 54.1 Å². The Morgan fingerprint density at radius 1 is 1.20 bits per heavy atom. The number of amides is 1. The van der Waals surface area contributed by atoms with Crippen molar-refractivity contribution in [3.8, 4) is 5.75 Å². The molecule has 0 aliphatic carbocycles. The third-order valence-electron chi connectivity index (χ3n) is 2.74. The summed E-state index contributed by atoms with van der Waals surface area (Å²) in [6.07, 6.45) is 5.67. The Kier molecular flexibility index (Phi) is 5.06. The molecule has 1 aromatic carbocycles. The van der Waals surface area contributed by atoms with Gasteiger partial charge in [0.2, 0.25) is 0 Å². The zero-order valence-electron chi connectivity index (χ0n) is 11.4. The number of aryl methyl sites for hydroxylation is 1. The minimum absolute atomic E-state index is 0.0222. The van der Waals surface area contributed by atoms with E-state index in [9.17, 15) is 4.79 Å². The smallest absolute Gasteiger partial charge is 0.257 e. The lowest BCUT2D eigenvalue weighted by Gasteiger charge is -2.07. The van der Waals surface area contributed by atoms with Crippen LogP contribution in [0.1, 0.15) is 11.1 Å². The summed E-state index contributed by atoms with van der Waals surface area (Å²) in [4.78, 5) is 19.4. The highest BCUT2D eigenvalue weighted by molar-refractivity contribution is 5.77. The monoisotopic (exact) mass is 271 g/mol. The van der Waals surface area contributed by atoms with E-state index in [4.69, 9.17) is 4.74 Å².